The Hall–Kier alpha value is -5.10. The highest BCUT2D eigenvalue weighted by Gasteiger charge is 2.23. The lowest BCUT2D eigenvalue weighted by Gasteiger charge is -2.26. The monoisotopic (exact) mass is 632 g/mol. The lowest BCUT2D eigenvalue weighted by Crippen LogP contribution is -2.24. The molecule has 0 unspecified atom stereocenters. The van der Waals surface area contributed by atoms with Gasteiger partial charge in [-0.3, -0.25) is 20.2 Å². The Balaban J connectivity index is 0.000000636. The Morgan fingerprint density at radius 1 is 0.733 bits per heavy atom. The molecule has 4 rings (SSSR count). The molecule has 0 spiro atoms. The summed E-state index contributed by atoms with van der Waals surface area (Å²) in [5.41, 5.74) is 0.271. The van der Waals surface area contributed by atoms with Crippen LogP contribution in [-0.4, -0.2) is 56.5 Å². The third-order valence-electron chi connectivity index (χ3n) is 6.71. The Morgan fingerprint density at radius 2 is 1.13 bits per heavy atom. The number of aromatic carboxylic acids is 1. The molecule has 0 heterocycles. The van der Waals surface area contributed by atoms with Crippen LogP contribution in [0.25, 0.3) is 0 Å². The first-order valence-electron chi connectivity index (χ1n) is 13.9. The van der Waals surface area contributed by atoms with E-state index in [1.54, 1.807) is 0 Å². The lowest BCUT2D eigenvalue weighted by molar-refractivity contribution is -0.385. The number of ether oxygens (including phenoxy) is 1. The molecule has 2 aliphatic carbocycles. The van der Waals surface area contributed by atoms with Gasteiger partial charge in [0, 0.05) is 24.3 Å². The van der Waals surface area contributed by atoms with Crippen molar-refractivity contribution < 1.29 is 53.6 Å². The van der Waals surface area contributed by atoms with Gasteiger partial charge in [0.25, 0.3) is 11.4 Å². The van der Waals surface area contributed by atoms with Crippen LogP contribution in [0.2, 0.25) is 0 Å². The zero-order valence-electron chi connectivity index (χ0n) is 24.9. The van der Waals surface area contributed by atoms with Gasteiger partial charge in [-0.2, -0.15) is 19.2 Å². The van der Waals surface area contributed by atoms with E-state index in [1.165, 1.54) is 55.7 Å². The fourth-order valence-corrected chi connectivity index (χ4v) is 4.55. The van der Waals surface area contributed by atoms with Gasteiger partial charge in [0.15, 0.2) is 0 Å². The molecule has 15 heteroatoms. The molecule has 4 atom stereocenters. The van der Waals surface area contributed by atoms with E-state index in [2.05, 4.69) is 13.8 Å². The van der Waals surface area contributed by atoms with E-state index in [4.69, 9.17) is 34.1 Å². The van der Waals surface area contributed by atoms with Crippen molar-refractivity contribution in [3.8, 4) is 0 Å². The zero-order chi connectivity index (χ0) is 34.4. The van der Waals surface area contributed by atoms with Gasteiger partial charge in [-0.15, -0.1) is 0 Å². The molecule has 2 N–H and O–H groups in total. The predicted octanol–water partition coefficient (Wildman–Crippen LogP) is 5.01. The molecule has 0 aliphatic heterocycles. The van der Waals surface area contributed by atoms with Crippen molar-refractivity contribution in [2.45, 2.75) is 77.4 Å². The summed E-state index contributed by atoms with van der Waals surface area (Å²) in [7, 11) is 0. The molecule has 2 aromatic rings. The van der Waals surface area contributed by atoms with Crippen LogP contribution in [0.4, 0.5) is 11.4 Å². The van der Waals surface area contributed by atoms with Crippen molar-refractivity contribution in [1.29, 1.82) is 0 Å². The lowest BCUT2D eigenvalue weighted by atomic mass is 9.89. The van der Waals surface area contributed by atoms with E-state index in [9.17, 15) is 29.8 Å². The molecule has 0 radical (unpaired) electrons. The van der Waals surface area contributed by atoms with Crippen molar-refractivity contribution in [3.05, 3.63) is 79.9 Å². The first-order chi connectivity index (χ1) is 21.3. The second-order valence-electron chi connectivity index (χ2n) is 10.3. The van der Waals surface area contributed by atoms with Crippen molar-refractivity contribution >= 4 is 35.6 Å². The molecule has 2 aromatic carbocycles. The smallest absolute Gasteiger partial charge is 0.373 e. The highest BCUT2D eigenvalue weighted by Crippen LogP contribution is 2.26. The summed E-state index contributed by atoms with van der Waals surface area (Å²) in [4.78, 5) is 74.3. The summed E-state index contributed by atoms with van der Waals surface area (Å²) in [6, 6.07) is 10.2. The average Bonchev–Trinajstić information content (AvgIpc) is 2.98. The van der Waals surface area contributed by atoms with Gasteiger partial charge in [-0.25, -0.2) is 9.59 Å². The second-order valence-corrected chi connectivity index (χ2v) is 10.3. The number of nitrogens with zero attached hydrogens (tertiary/aromatic N) is 2. The van der Waals surface area contributed by atoms with Crippen LogP contribution in [-0.2, 0) is 23.9 Å². The van der Waals surface area contributed by atoms with E-state index in [1.807, 2.05) is 0 Å². The third kappa shape index (κ3) is 17.6. The number of carboxylic acids is 1. The van der Waals surface area contributed by atoms with E-state index < -0.39 is 21.8 Å². The van der Waals surface area contributed by atoms with Crippen LogP contribution < -0.4 is 0 Å². The van der Waals surface area contributed by atoms with Crippen LogP contribution in [0.1, 0.15) is 85.9 Å². The molecule has 0 aromatic heterocycles. The number of benzene rings is 2. The van der Waals surface area contributed by atoms with Gasteiger partial charge in [0.2, 0.25) is 0 Å². The molecule has 0 bridgehead atoms. The minimum Gasteiger partial charge on any atom is -0.478 e. The summed E-state index contributed by atoms with van der Waals surface area (Å²) in [5.74, 6) is -0.138. The summed E-state index contributed by atoms with van der Waals surface area (Å²) < 4.78 is 5.44. The average molecular weight is 633 g/mol. The number of non-ortho nitro benzene ring substituents is 2. The van der Waals surface area contributed by atoms with Crippen LogP contribution >= 0.6 is 0 Å². The van der Waals surface area contributed by atoms with Crippen molar-refractivity contribution in [1.82, 2.24) is 0 Å². The number of hydrogen-bond acceptors (Lipinski definition) is 12. The summed E-state index contributed by atoms with van der Waals surface area (Å²) in [6.07, 6.45) is 9.17. The Bertz CT molecular complexity index is 1230. The third-order valence-corrected chi connectivity index (χ3v) is 6.71. The second kappa shape index (κ2) is 22.4. The number of carbonyl (C=O) groups excluding carboxylic acids is 5. The topological polar surface area (TPSA) is 238 Å². The standard InChI is InChI=1S/C14H17NO4.C7H5NO4.C7H14O.2CO2/c1-10-3-2-4-13(9-10)19-14(16)11-5-7-12(8-6-11)15(17)18;9-7(10)5-1-3-6(4-2-5)8(11)12;1-6-3-2-4-7(8)5-6;2*2-1-3/h5-8,10,13H,2-4,9H2,1H3;1-4H,(H,9,10);6-8H,2-5H2,1H3;;/t10-,13-;;6-,7+;;/m0.0../s1. The Morgan fingerprint density at radius 3 is 1.47 bits per heavy atom. The quantitative estimate of drug-likeness (QED) is 0.250. The minimum atomic E-state index is -1.09. The number of nitro benzene ring substituents is 2. The molecule has 2 fully saturated rings. The van der Waals surface area contributed by atoms with Gasteiger partial charge in [0.05, 0.1) is 27.1 Å². The predicted molar refractivity (Wildman–Crippen MR) is 154 cm³/mol. The number of rotatable bonds is 5. The van der Waals surface area contributed by atoms with E-state index >= 15 is 0 Å². The molecule has 2 saturated carbocycles. The first kappa shape index (κ1) is 39.9. The maximum Gasteiger partial charge on any atom is 0.373 e. The molecule has 244 valence electrons. The molecule has 0 saturated heterocycles. The van der Waals surface area contributed by atoms with Gasteiger partial charge in [-0.1, -0.05) is 33.1 Å². The van der Waals surface area contributed by atoms with E-state index in [0.29, 0.717) is 11.5 Å². The minimum absolute atomic E-state index is 0.0127. The molecular weight excluding hydrogens is 596 g/mol. The van der Waals surface area contributed by atoms with Crippen molar-refractivity contribution in [3.63, 3.8) is 0 Å². The zero-order valence-corrected chi connectivity index (χ0v) is 24.9. The maximum absolute atomic E-state index is 11.9. The summed E-state index contributed by atoms with van der Waals surface area (Å²) >= 11 is 0. The Kier molecular flexibility index (Phi) is 19.9. The highest BCUT2D eigenvalue weighted by molar-refractivity contribution is 5.89. The highest BCUT2D eigenvalue weighted by atomic mass is 16.6. The number of esters is 1. The number of carbonyl (C=O) groups is 2. The van der Waals surface area contributed by atoms with Gasteiger partial charge in [-0.05, 0) is 68.2 Å². The number of aliphatic hydroxyl groups excluding tert-OH is 1. The van der Waals surface area contributed by atoms with Crippen LogP contribution in [0, 0.1) is 32.1 Å². The van der Waals surface area contributed by atoms with Crippen LogP contribution in [0.3, 0.4) is 0 Å². The number of hydrogen-bond donors (Lipinski definition) is 2. The van der Waals surface area contributed by atoms with Crippen LogP contribution in [0.15, 0.2) is 48.5 Å². The normalized spacial score (nSPS) is 19.5. The van der Waals surface area contributed by atoms with E-state index in [-0.39, 0.29) is 41.4 Å². The number of nitro groups is 2. The molecular formula is C30H36N2O13. The Labute approximate surface area is 258 Å². The summed E-state index contributed by atoms with van der Waals surface area (Å²) in [5, 5.41) is 38.2. The van der Waals surface area contributed by atoms with Crippen LogP contribution in [0.5, 0.6) is 0 Å². The molecule has 15 nitrogen and oxygen atoms in total. The molecule has 0 amide bonds. The number of aliphatic hydroxyl groups is 1. The van der Waals surface area contributed by atoms with Gasteiger partial charge >= 0.3 is 24.2 Å². The van der Waals surface area contributed by atoms with Crippen molar-refractivity contribution in [2.24, 2.45) is 11.8 Å². The summed E-state index contributed by atoms with van der Waals surface area (Å²) in [6.45, 7) is 4.37. The first-order valence-corrected chi connectivity index (χ1v) is 13.9. The maximum atomic E-state index is 11.9. The fraction of sp³-hybridized carbons (Fsp3) is 0.467. The number of carboxylic acid groups (broad SMARTS) is 1. The SMILES string of the molecule is C[C@H]1CCC[C@@H](O)C1.C[C@H]1CCC[C@H](OC(=O)c2ccc([N+](=O)[O-])cc2)C1.O=C(O)c1ccc([N+](=O)[O-])cc1.O=C=O.O=C=O. The van der Waals surface area contributed by atoms with Crippen molar-refractivity contribution in [2.75, 3.05) is 0 Å². The molecule has 45 heavy (non-hydrogen) atoms. The molecule has 2 aliphatic rings. The fourth-order valence-electron chi connectivity index (χ4n) is 4.55. The largest absolute Gasteiger partial charge is 0.478 e. The van der Waals surface area contributed by atoms with Gasteiger partial charge in [0.1, 0.15) is 6.10 Å². The van der Waals surface area contributed by atoms with E-state index in [0.717, 1.165) is 50.2 Å². The van der Waals surface area contributed by atoms with Gasteiger partial charge < -0.3 is 14.9 Å².